The molecule has 1 unspecified atom stereocenters. The average molecular weight is 252 g/mol. The van der Waals surface area contributed by atoms with Crippen molar-refractivity contribution < 1.29 is 9.59 Å². The van der Waals surface area contributed by atoms with E-state index >= 15 is 0 Å². The number of nitrogens with zero attached hydrogens (tertiary/aromatic N) is 2. The minimum atomic E-state index is 0.0877. The van der Waals surface area contributed by atoms with Gasteiger partial charge >= 0.3 is 0 Å². The Kier molecular flexibility index (Phi) is 4.38. The summed E-state index contributed by atoms with van der Waals surface area (Å²) in [4.78, 5) is 28.0. The van der Waals surface area contributed by atoms with Crippen molar-refractivity contribution in [3.63, 3.8) is 0 Å². The molecule has 0 aromatic carbocycles. The van der Waals surface area contributed by atoms with Crippen molar-refractivity contribution in [2.24, 2.45) is 11.8 Å². The fraction of sp³-hybridized carbons (Fsp3) is 0.857. The van der Waals surface area contributed by atoms with Crippen LogP contribution in [0.2, 0.25) is 0 Å². The summed E-state index contributed by atoms with van der Waals surface area (Å²) in [6.07, 6.45) is 2.82. The molecule has 2 aliphatic rings. The molecular weight excluding hydrogens is 228 g/mol. The third-order valence-corrected chi connectivity index (χ3v) is 4.46. The number of piperidine rings is 1. The molecule has 4 nitrogen and oxygen atoms in total. The molecule has 2 fully saturated rings. The maximum atomic E-state index is 12.4. The molecule has 0 radical (unpaired) electrons. The number of amides is 1. The second kappa shape index (κ2) is 5.83. The van der Waals surface area contributed by atoms with Crippen molar-refractivity contribution in [1.29, 1.82) is 0 Å². The van der Waals surface area contributed by atoms with Gasteiger partial charge in [0.2, 0.25) is 5.91 Å². The topological polar surface area (TPSA) is 40.6 Å². The summed E-state index contributed by atoms with van der Waals surface area (Å²) < 4.78 is 0. The van der Waals surface area contributed by atoms with E-state index in [1.54, 1.807) is 6.92 Å². The van der Waals surface area contributed by atoms with Crippen molar-refractivity contribution in [3.05, 3.63) is 0 Å². The van der Waals surface area contributed by atoms with Crippen molar-refractivity contribution in [3.8, 4) is 0 Å². The number of Topliss-reactive ketones (excluding diaryl/α,β-unsaturated/α-hetero) is 1. The smallest absolute Gasteiger partial charge is 0.225 e. The minimum absolute atomic E-state index is 0.0877. The number of carbonyl (C=O) groups is 2. The molecule has 0 aliphatic carbocycles. The Morgan fingerprint density at radius 3 is 2.17 bits per heavy atom. The minimum Gasteiger partial charge on any atom is -0.342 e. The molecule has 0 spiro atoms. The van der Waals surface area contributed by atoms with E-state index in [1.807, 2.05) is 4.90 Å². The largest absolute Gasteiger partial charge is 0.342 e. The van der Waals surface area contributed by atoms with Crippen LogP contribution in [0.1, 0.15) is 33.1 Å². The number of carbonyl (C=O) groups excluding carboxylic acids is 2. The zero-order chi connectivity index (χ0) is 13.1. The van der Waals surface area contributed by atoms with Crippen molar-refractivity contribution in [2.75, 3.05) is 32.7 Å². The van der Waals surface area contributed by atoms with Gasteiger partial charge in [0.15, 0.2) is 0 Å². The van der Waals surface area contributed by atoms with Crippen molar-refractivity contribution >= 4 is 11.7 Å². The fourth-order valence-corrected chi connectivity index (χ4v) is 3.05. The van der Waals surface area contributed by atoms with E-state index in [0.717, 1.165) is 45.4 Å². The van der Waals surface area contributed by atoms with Gasteiger partial charge in [-0.15, -0.1) is 0 Å². The highest BCUT2D eigenvalue weighted by Crippen LogP contribution is 2.24. The third kappa shape index (κ3) is 2.91. The Hall–Kier alpha value is -0.900. The van der Waals surface area contributed by atoms with E-state index in [4.69, 9.17) is 0 Å². The molecule has 0 bridgehead atoms. The highest BCUT2D eigenvalue weighted by atomic mass is 16.2. The van der Waals surface area contributed by atoms with Crippen molar-refractivity contribution in [1.82, 2.24) is 9.80 Å². The van der Waals surface area contributed by atoms with Crippen LogP contribution >= 0.6 is 0 Å². The van der Waals surface area contributed by atoms with E-state index in [-0.39, 0.29) is 23.5 Å². The fourth-order valence-electron chi connectivity index (χ4n) is 3.05. The number of ketones is 1. The molecule has 102 valence electrons. The first-order valence-corrected chi connectivity index (χ1v) is 7.13. The summed E-state index contributed by atoms with van der Waals surface area (Å²) in [7, 11) is 0. The molecule has 0 aromatic heterocycles. The molecule has 4 heteroatoms. The van der Waals surface area contributed by atoms with Crippen LogP contribution < -0.4 is 0 Å². The summed E-state index contributed by atoms with van der Waals surface area (Å²) in [6.45, 7) is 8.39. The molecule has 0 saturated carbocycles. The van der Waals surface area contributed by atoms with Gasteiger partial charge in [-0.1, -0.05) is 6.92 Å². The lowest BCUT2D eigenvalue weighted by Crippen LogP contribution is -2.41. The molecule has 2 saturated heterocycles. The second-order valence-electron chi connectivity index (χ2n) is 5.59. The van der Waals surface area contributed by atoms with E-state index in [9.17, 15) is 9.59 Å². The highest BCUT2D eigenvalue weighted by Gasteiger charge is 2.33. The van der Waals surface area contributed by atoms with Gasteiger partial charge in [0.25, 0.3) is 0 Å². The first-order chi connectivity index (χ1) is 8.61. The predicted octanol–water partition coefficient (Wildman–Crippen LogP) is 1.16. The summed E-state index contributed by atoms with van der Waals surface area (Å²) in [5.74, 6) is 0.795. The number of hydrogen-bond donors (Lipinski definition) is 0. The highest BCUT2D eigenvalue weighted by molar-refractivity contribution is 5.83. The van der Waals surface area contributed by atoms with Crippen LogP contribution in [0.4, 0.5) is 0 Å². The molecule has 2 rings (SSSR count). The van der Waals surface area contributed by atoms with Gasteiger partial charge in [-0.3, -0.25) is 9.59 Å². The molecule has 1 amide bonds. The average Bonchev–Trinajstić information content (AvgIpc) is 2.88. The maximum absolute atomic E-state index is 12.4. The van der Waals surface area contributed by atoms with Crippen LogP contribution in [0.25, 0.3) is 0 Å². The van der Waals surface area contributed by atoms with Gasteiger partial charge in [-0.25, -0.2) is 0 Å². The van der Waals surface area contributed by atoms with Gasteiger partial charge < -0.3 is 9.80 Å². The zero-order valence-electron chi connectivity index (χ0n) is 11.5. The first-order valence-electron chi connectivity index (χ1n) is 7.13. The molecular formula is C14H24N2O2. The van der Waals surface area contributed by atoms with Crippen LogP contribution in [0.3, 0.4) is 0 Å². The van der Waals surface area contributed by atoms with Crippen LogP contribution in [0.15, 0.2) is 0 Å². The van der Waals surface area contributed by atoms with Crippen molar-refractivity contribution in [2.45, 2.75) is 33.1 Å². The molecule has 2 heterocycles. The normalized spacial score (nSPS) is 26.6. The Morgan fingerprint density at radius 1 is 1.06 bits per heavy atom. The van der Waals surface area contributed by atoms with Gasteiger partial charge in [0, 0.05) is 24.9 Å². The van der Waals surface area contributed by atoms with Crippen LogP contribution in [0.5, 0.6) is 0 Å². The lowest BCUT2D eigenvalue weighted by Gasteiger charge is -2.32. The van der Waals surface area contributed by atoms with E-state index in [1.165, 1.54) is 0 Å². The van der Waals surface area contributed by atoms with Crippen LogP contribution in [-0.2, 0) is 9.59 Å². The van der Waals surface area contributed by atoms with Gasteiger partial charge in [0.1, 0.15) is 5.78 Å². The van der Waals surface area contributed by atoms with Gasteiger partial charge in [-0.05, 0) is 45.8 Å². The lowest BCUT2D eigenvalue weighted by atomic mass is 9.95. The first kappa shape index (κ1) is 13.5. The van der Waals surface area contributed by atoms with Gasteiger partial charge in [0.05, 0.1) is 0 Å². The monoisotopic (exact) mass is 252 g/mol. The number of hydrogen-bond acceptors (Lipinski definition) is 3. The molecule has 0 aromatic rings. The summed E-state index contributed by atoms with van der Waals surface area (Å²) >= 11 is 0. The van der Waals surface area contributed by atoms with E-state index in [2.05, 4.69) is 11.8 Å². The Balaban J connectivity index is 1.84. The van der Waals surface area contributed by atoms with Gasteiger partial charge in [-0.2, -0.15) is 0 Å². The lowest BCUT2D eigenvalue weighted by molar-refractivity contribution is -0.136. The van der Waals surface area contributed by atoms with Crippen LogP contribution in [-0.4, -0.2) is 54.2 Å². The molecule has 1 atom stereocenters. The second-order valence-corrected chi connectivity index (χ2v) is 5.59. The zero-order valence-corrected chi connectivity index (χ0v) is 11.5. The molecule has 18 heavy (non-hydrogen) atoms. The summed E-state index contributed by atoms with van der Waals surface area (Å²) in [5, 5.41) is 0. The predicted molar refractivity (Wildman–Crippen MR) is 70.2 cm³/mol. The number of likely N-dealkylation sites (tertiary alicyclic amines) is 2. The number of rotatable bonds is 3. The van der Waals surface area contributed by atoms with E-state index in [0.29, 0.717) is 6.54 Å². The summed E-state index contributed by atoms with van der Waals surface area (Å²) in [6, 6.07) is 0. The van der Waals surface area contributed by atoms with E-state index < -0.39 is 0 Å². The SMILES string of the molecule is CCN1CCC(C(=O)N2CCC(C(C)=O)C2)CC1. The third-order valence-electron chi connectivity index (χ3n) is 4.46. The quantitative estimate of drug-likeness (QED) is 0.756. The maximum Gasteiger partial charge on any atom is 0.225 e. The summed E-state index contributed by atoms with van der Waals surface area (Å²) in [5.41, 5.74) is 0. The standard InChI is InChI=1S/C14H24N2O2/c1-3-15-7-4-12(5-8-15)14(18)16-9-6-13(10-16)11(2)17/h12-13H,3-10H2,1-2H3. The molecule has 0 N–H and O–H groups in total. The Bertz CT molecular complexity index is 322. The Morgan fingerprint density at radius 2 is 1.67 bits per heavy atom. The van der Waals surface area contributed by atoms with Crippen LogP contribution in [0, 0.1) is 11.8 Å². The molecule has 2 aliphatic heterocycles. The Labute approximate surface area is 109 Å².